The molecule has 0 bridgehead atoms. The van der Waals surface area contributed by atoms with Crippen LogP contribution in [0.5, 0.6) is 0 Å². The Labute approximate surface area is 121 Å². The van der Waals surface area contributed by atoms with Gasteiger partial charge in [-0.05, 0) is 31.4 Å². The molecule has 0 heterocycles. The summed E-state index contributed by atoms with van der Waals surface area (Å²) in [7, 11) is 0. The van der Waals surface area contributed by atoms with Crippen LogP contribution in [0.25, 0.3) is 6.08 Å². The van der Waals surface area contributed by atoms with Gasteiger partial charge in [-0.3, -0.25) is 4.79 Å². The number of carboxylic acids is 1. The summed E-state index contributed by atoms with van der Waals surface area (Å²) in [5, 5.41) is 9.13. The second-order valence-corrected chi connectivity index (χ2v) is 4.99. The first-order valence-electron chi connectivity index (χ1n) is 5.51. The van der Waals surface area contributed by atoms with Gasteiger partial charge in [0, 0.05) is 32.1 Å². The summed E-state index contributed by atoms with van der Waals surface area (Å²) >= 11 is 0. The summed E-state index contributed by atoms with van der Waals surface area (Å²) < 4.78 is 0. The molecule has 1 aliphatic carbocycles. The van der Waals surface area contributed by atoms with Gasteiger partial charge in [0.15, 0.2) is 0 Å². The molecule has 1 aliphatic rings. The molecule has 3 heteroatoms. The molecule has 1 unspecified atom stereocenters. The van der Waals surface area contributed by atoms with Gasteiger partial charge in [-0.25, -0.2) is 0 Å². The first kappa shape index (κ1) is 14.4. The molecule has 0 saturated heterocycles. The number of allylic oxidation sites excluding steroid dienone is 1. The van der Waals surface area contributed by atoms with Crippen molar-refractivity contribution in [1.82, 2.24) is 0 Å². The predicted molar refractivity (Wildman–Crippen MR) is 64.3 cm³/mol. The molecule has 0 amide bonds. The number of carbonyl (C=O) groups is 1. The fraction of sp³-hybridized carbons (Fsp3) is 0.357. The van der Waals surface area contributed by atoms with Crippen LogP contribution in [0.15, 0.2) is 30.3 Å². The standard InChI is InChI=1S/C14H16O2.Zr/c1-14(2,13(15)16)9-11-8-7-10-5-3-4-6-12(10)11;/h3-8,11H,9H2,1-2H3,(H,15,16);. The Morgan fingerprint density at radius 2 is 2.00 bits per heavy atom. The smallest absolute Gasteiger partial charge is 0.309 e. The van der Waals surface area contributed by atoms with Gasteiger partial charge in [0.1, 0.15) is 0 Å². The number of aliphatic carboxylic acids is 1. The Bertz CT molecular complexity index is 449. The summed E-state index contributed by atoms with van der Waals surface area (Å²) in [6.07, 6.45) is 4.84. The summed E-state index contributed by atoms with van der Waals surface area (Å²) in [6.45, 7) is 3.56. The second kappa shape index (κ2) is 5.31. The third-order valence-electron chi connectivity index (χ3n) is 3.21. The Kier molecular flexibility index (Phi) is 4.49. The molecule has 2 nitrogen and oxygen atoms in total. The predicted octanol–water partition coefficient (Wildman–Crippen LogP) is 3.30. The molecule has 2 rings (SSSR count). The van der Waals surface area contributed by atoms with Gasteiger partial charge in [0.25, 0.3) is 0 Å². The molecular weight excluding hydrogens is 291 g/mol. The minimum atomic E-state index is -0.731. The zero-order chi connectivity index (χ0) is 11.8. The minimum Gasteiger partial charge on any atom is -0.481 e. The van der Waals surface area contributed by atoms with E-state index in [9.17, 15) is 4.79 Å². The quantitative estimate of drug-likeness (QED) is 0.930. The Hall–Kier alpha value is -0.687. The van der Waals surface area contributed by atoms with Crippen LogP contribution in [0, 0.1) is 5.41 Å². The molecule has 0 saturated carbocycles. The molecule has 1 aromatic carbocycles. The molecule has 0 radical (unpaired) electrons. The summed E-state index contributed by atoms with van der Waals surface area (Å²) in [4.78, 5) is 11.1. The van der Waals surface area contributed by atoms with Crippen molar-refractivity contribution >= 4 is 12.0 Å². The molecule has 1 N–H and O–H groups in total. The summed E-state index contributed by atoms with van der Waals surface area (Å²) in [5.74, 6) is -0.493. The Morgan fingerprint density at radius 3 is 2.65 bits per heavy atom. The van der Waals surface area contributed by atoms with Crippen LogP contribution in [-0.4, -0.2) is 11.1 Å². The van der Waals surface area contributed by atoms with E-state index >= 15 is 0 Å². The average molecular weight is 308 g/mol. The molecule has 17 heavy (non-hydrogen) atoms. The number of rotatable bonds is 3. The molecule has 88 valence electrons. The van der Waals surface area contributed by atoms with Gasteiger partial charge in [-0.15, -0.1) is 0 Å². The minimum absolute atomic E-state index is 0. The fourth-order valence-electron chi connectivity index (χ4n) is 2.14. The van der Waals surface area contributed by atoms with Crippen LogP contribution >= 0.6 is 0 Å². The second-order valence-electron chi connectivity index (χ2n) is 4.99. The van der Waals surface area contributed by atoms with E-state index in [-0.39, 0.29) is 32.1 Å². The zero-order valence-electron chi connectivity index (χ0n) is 10.1. The normalized spacial score (nSPS) is 17.4. The maximum atomic E-state index is 11.1. The van der Waals surface area contributed by atoms with E-state index in [1.54, 1.807) is 13.8 Å². The summed E-state index contributed by atoms with van der Waals surface area (Å²) in [5.41, 5.74) is 1.79. The van der Waals surface area contributed by atoms with Crippen molar-refractivity contribution in [3.8, 4) is 0 Å². The van der Waals surface area contributed by atoms with Crippen LogP contribution < -0.4 is 0 Å². The third-order valence-corrected chi connectivity index (χ3v) is 3.21. The molecule has 1 atom stereocenters. The molecule has 0 aromatic heterocycles. The van der Waals surface area contributed by atoms with E-state index in [1.807, 2.05) is 12.1 Å². The molecule has 0 aliphatic heterocycles. The summed E-state index contributed by atoms with van der Waals surface area (Å²) in [6, 6.07) is 8.16. The molecular formula is C14H16O2Zr. The maximum Gasteiger partial charge on any atom is 0.309 e. The van der Waals surface area contributed by atoms with Crippen LogP contribution in [0.1, 0.15) is 37.3 Å². The first-order valence-corrected chi connectivity index (χ1v) is 5.51. The average Bonchev–Trinajstić information content (AvgIpc) is 2.61. The molecule has 0 spiro atoms. The SMILES string of the molecule is CC(C)(CC1C=Cc2ccccc21)C(=O)O.[Zr]. The Balaban J connectivity index is 0.00000144. The zero-order valence-corrected chi connectivity index (χ0v) is 12.6. The number of fused-ring (bicyclic) bond motifs is 1. The largest absolute Gasteiger partial charge is 0.481 e. The van der Waals surface area contributed by atoms with Crippen molar-refractivity contribution in [3.63, 3.8) is 0 Å². The van der Waals surface area contributed by atoms with Crippen molar-refractivity contribution < 1.29 is 36.1 Å². The molecule has 1 aromatic rings. The maximum absolute atomic E-state index is 11.1. The van der Waals surface area contributed by atoms with E-state index in [4.69, 9.17) is 5.11 Å². The van der Waals surface area contributed by atoms with E-state index in [2.05, 4.69) is 24.3 Å². The number of benzene rings is 1. The van der Waals surface area contributed by atoms with Crippen molar-refractivity contribution in [3.05, 3.63) is 41.5 Å². The van der Waals surface area contributed by atoms with Crippen molar-refractivity contribution in [2.45, 2.75) is 26.2 Å². The van der Waals surface area contributed by atoms with Crippen LogP contribution in [0.4, 0.5) is 0 Å². The monoisotopic (exact) mass is 306 g/mol. The Morgan fingerprint density at radius 1 is 1.35 bits per heavy atom. The van der Waals surface area contributed by atoms with Gasteiger partial charge >= 0.3 is 5.97 Å². The van der Waals surface area contributed by atoms with Gasteiger partial charge in [0.05, 0.1) is 5.41 Å². The van der Waals surface area contributed by atoms with Crippen LogP contribution in [0.3, 0.4) is 0 Å². The van der Waals surface area contributed by atoms with Crippen LogP contribution in [-0.2, 0) is 31.0 Å². The number of carboxylic acid groups (broad SMARTS) is 1. The number of hydrogen-bond donors (Lipinski definition) is 1. The van der Waals surface area contributed by atoms with Crippen molar-refractivity contribution in [2.75, 3.05) is 0 Å². The van der Waals surface area contributed by atoms with E-state index in [1.165, 1.54) is 11.1 Å². The molecule has 0 fully saturated rings. The van der Waals surface area contributed by atoms with E-state index < -0.39 is 11.4 Å². The van der Waals surface area contributed by atoms with Crippen LogP contribution in [0.2, 0.25) is 0 Å². The van der Waals surface area contributed by atoms with E-state index in [0.29, 0.717) is 6.42 Å². The van der Waals surface area contributed by atoms with Crippen molar-refractivity contribution in [1.29, 1.82) is 0 Å². The first-order chi connectivity index (χ1) is 7.50. The van der Waals surface area contributed by atoms with Gasteiger partial charge < -0.3 is 5.11 Å². The van der Waals surface area contributed by atoms with E-state index in [0.717, 1.165) is 0 Å². The van der Waals surface area contributed by atoms with Gasteiger partial charge in [-0.2, -0.15) is 0 Å². The third kappa shape index (κ3) is 2.95. The van der Waals surface area contributed by atoms with Crippen molar-refractivity contribution in [2.24, 2.45) is 5.41 Å². The number of hydrogen-bond acceptors (Lipinski definition) is 1. The topological polar surface area (TPSA) is 37.3 Å². The fourth-order valence-corrected chi connectivity index (χ4v) is 2.14. The van der Waals surface area contributed by atoms with Gasteiger partial charge in [-0.1, -0.05) is 36.4 Å². The van der Waals surface area contributed by atoms with Gasteiger partial charge in [0.2, 0.25) is 0 Å².